The Morgan fingerprint density at radius 2 is 2.07 bits per heavy atom. The van der Waals surface area contributed by atoms with Crippen molar-refractivity contribution < 1.29 is 9.21 Å². The van der Waals surface area contributed by atoms with Gasteiger partial charge >= 0.3 is 0 Å². The van der Waals surface area contributed by atoms with E-state index in [1.807, 2.05) is 37.1 Å². The molecule has 8 heteroatoms. The van der Waals surface area contributed by atoms with Gasteiger partial charge in [0.1, 0.15) is 5.03 Å². The number of aromatic nitrogens is 2. The Morgan fingerprint density at radius 1 is 1.31 bits per heavy atom. The van der Waals surface area contributed by atoms with Crippen LogP contribution < -0.4 is 5.32 Å². The van der Waals surface area contributed by atoms with Crippen LogP contribution in [0.4, 0.5) is 0 Å². The summed E-state index contributed by atoms with van der Waals surface area (Å²) in [6, 6.07) is 3.65. The van der Waals surface area contributed by atoms with E-state index < -0.39 is 0 Å². The number of rotatable bonds is 6. The van der Waals surface area contributed by atoms with E-state index in [1.165, 1.54) is 49.0 Å². The molecule has 0 bridgehead atoms. The molecule has 1 aliphatic carbocycles. The van der Waals surface area contributed by atoms with Gasteiger partial charge in [0, 0.05) is 36.7 Å². The second-order valence-electron chi connectivity index (χ2n) is 7.71. The molecule has 2 aliphatic rings. The third kappa shape index (κ3) is 4.34. The largest absolute Gasteiger partial charge is 0.461 e. The van der Waals surface area contributed by atoms with Gasteiger partial charge in [0.05, 0.1) is 17.5 Å². The van der Waals surface area contributed by atoms with Crippen molar-refractivity contribution in [2.75, 3.05) is 37.4 Å². The van der Waals surface area contributed by atoms with Crippen LogP contribution in [0.15, 0.2) is 27.8 Å². The van der Waals surface area contributed by atoms with Gasteiger partial charge in [0.25, 0.3) is 5.91 Å². The van der Waals surface area contributed by atoms with Crippen LogP contribution in [0.5, 0.6) is 0 Å². The number of nitrogens with one attached hydrogen (secondary N) is 1. The summed E-state index contributed by atoms with van der Waals surface area (Å²) in [5, 5.41) is 3.94. The maximum atomic E-state index is 13.2. The number of hydrogen-bond donors (Lipinski definition) is 1. The highest BCUT2D eigenvalue weighted by Gasteiger charge is 2.40. The van der Waals surface area contributed by atoms with Crippen LogP contribution in [-0.4, -0.2) is 63.7 Å². The minimum Gasteiger partial charge on any atom is -0.461 e. The predicted octanol–water partition coefficient (Wildman–Crippen LogP) is 3.86. The Morgan fingerprint density at radius 3 is 2.72 bits per heavy atom. The van der Waals surface area contributed by atoms with Gasteiger partial charge in [0.2, 0.25) is 0 Å². The topological polar surface area (TPSA) is 71.3 Å². The van der Waals surface area contributed by atoms with Crippen LogP contribution in [0.2, 0.25) is 0 Å². The molecule has 1 amide bonds. The van der Waals surface area contributed by atoms with Crippen molar-refractivity contribution in [3.63, 3.8) is 0 Å². The minimum atomic E-state index is -0.0736. The Bertz CT molecular complexity index is 845. The van der Waals surface area contributed by atoms with Crippen LogP contribution in [0, 0.1) is 6.92 Å². The van der Waals surface area contributed by atoms with Crippen molar-refractivity contribution >= 4 is 29.4 Å². The molecule has 2 aromatic heterocycles. The van der Waals surface area contributed by atoms with Crippen molar-refractivity contribution in [3.8, 4) is 11.6 Å². The van der Waals surface area contributed by atoms with Gasteiger partial charge in [-0.1, -0.05) is 12.8 Å². The van der Waals surface area contributed by atoms with Gasteiger partial charge < -0.3 is 9.73 Å². The van der Waals surface area contributed by atoms with Gasteiger partial charge in [-0.3, -0.25) is 9.69 Å². The number of amides is 1. The van der Waals surface area contributed by atoms with Crippen molar-refractivity contribution in [2.24, 2.45) is 0 Å². The summed E-state index contributed by atoms with van der Waals surface area (Å²) in [4.78, 5) is 24.9. The van der Waals surface area contributed by atoms with E-state index >= 15 is 0 Å². The summed E-state index contributed by atoms with van der Waals surface area (Å²) in [7, 11) is 0. The van der Waals surface area contributed by atoms with Crippen LogP contribution in [0.25, 0.3) is 11.6 Å². The quantitative estimate of drug-likeness (QED) is 0.549. The Kier molecular flexibility index (Phi) is 6.51. The average Bonchev–Trinajstić information content (AvgIpc) is 3.45. The fraction of sp³-hybridized carbons (Fsp3) is 0.571. The van der Waals surface area contributed by atoms with Crippen LogP contribution in [-0.2, 0) is 0 Å². The number of carbonyl (C=O) groups excluding carboxylic acids is 1. The average molecular weight is 433 g/mol. The lowest BCUT2D eigenvalue weighted by Gasteiger charge is -2.43. The molecule has 1 saturated heterocycles. The molecule has 2 aromatic rings. The van der Waals surface area contributed by atoms with Crippen molar-refractivity contribution in [1.82, 2.24) is 20.2 Å². The van der Waals surface area contributed by atoms with E-state index in [9.17, 15) is 4.79 Å². The highest BCUT2D eigenvalue weighted by molar-refractivity contribution is 7.99. The maximum absolute atomic E-state index is 13.2. The number of aryl methyl sites for hydroxylation is 1. The summed E-state index contributed by atoms with van der Waals surface area (Å²) < 4.78 is 5.43. The number of hydrogen-bond acceptors (Lipinski definition) is 7. The second kappa shape index (κ2) is 9.10. The maximum Gasteiger partial charge on any atom is 0.255 e. The van der Waals surface area contributed by atoms with Crippen LogP contribution in [0.1, 0.15) is 41.7 Å². The summed E-state index contributed by atoms with van der Waals surface area (Å²) in [6.07, 6.45) is 8.37. The van der Waals surface area contributed by atoms with E-state index in [4.69, 9.17) is 4.42 Å². The summed E-state index contributed by atoms with van der Waals surface area (Å²) >= 11 is 3.50. The molecular weight excluding hydrogens is 404 g/mol. The van der Waals surface area contributed by atoms with E-state index in [0.717, 1.165) is 13.1 Å². The highest BCUT2D eigenvalue weighted by Crippen LogP contribution is 2.36. The fourth-order valence-electron chi connectivity index (χ4n) is 4.48. The zero-order valence-corrected chi connectivity index (χ0v) is 18.7. The SMILES string of the molecule is CSc1nc(-c2ccco2)nc(C)c1C(=O)NCC1(N2CCSCC2)CCCC1. The van der Waals surface area contributed by atoms with Crippen LogP contribution >= 0.6 is 23.5 Å². The zero-order chi connectivity index (χ0) is 20.3. The monoisotopic (exact) mass is 432 g/mol. The Balaban J connectivity index is 1.53. The zero-order valence-electron chi connectivity index (χ0n) is 17.1. The molecule has 156 valence electrons. The first-order valence-electron chi connectivity index (χ1n) is 10.2. The van der Waals surface area contributed by atoms with Crippen LogP contribution in [0.3, 0.4) is 0 Å². The first kappa shape index (κ1) is 20.8. The molecule has 0 unspecified atom stereocenters. The summed E-state index contributed by atoms with van der Waals surface area (Å²) in [5.74, 6) is 3.44. The summed E-state index contributed by atoms with van der Waals surface area (Å²) in [6.45, 7) is 4.81. The molecule has 0 radical (unpaired) electrons. The van der Waals surface area contributed by atoms with Crippen molar-refractivity contribution in [1.29, 1.82) is 0 Å². The lowest BCUT2D eigenvalue weighted by Crippen LogP contribution is -2.56. The van der Waals surface area contributed by atoms with E-state index in [0.29, 0.717) is 34.4 Å². The first-order chi connectivity index (χ1) is 14.1. The molecule has 1 aliphatic heterocycles. The third-order valence-corrected chi connectivity index (χ3v) is 7.64. The minimum absolute atomic E-state index is 0.0736. The van der Waals surface area contributed by atoms with Gasteiger partial charge in [0.15, 0.2) is 11.6 Å². The third-order valence-electron chi connectivity index (χ3n) is 6.01. The number of carbonyl (C=O) groups is 1. The molecule has 2 fully saturated rings. The number of furan rings is 1. The van der Waals surface area contributed by atoms with E-state index in [1.54, 1.807) is 6.26 Å². The van der Waals surface area contributed by atoms with E-state index in [2.05, 4.69) is 20.2 Å². The van der Waals surface area contributed by atoms with Gasteiger partial charge in [-0.05, 0) is 38.2 Å². The molecule has 4 rings (SSSR count). The smallest absolute Gasteiger partial charge is 0.255 e. The number of nitrogens with zero attached hydrogens (tertiary/aromatic N) is 3. The fourth-order valence-corrected chi connectivity index (χ4v) is 6.01. The molecule has 3 heterocycles. The van der Waals surface area contributed by atoms with Gasteiger partial charge in [-0.2, -0.15) is 11.8 Å². The standard InChI is InChI=1S/C21H28N4O2S2/c1-15-17(20(28-2)24-18(23-15)16-6-5-11-27-16)19(26)22-14-21(7-3-4-8-21)25-9-12-29-13-10-25/h5-6,11H,3-4,7-10,12-14H2,1-2H3,(H,22,26). The molecule has 0 aromatic carbocycles. The van der Waals surface area contributed by atoms with Crippen molar-refractivity contribution in [3.05, 3.63) is 29.7 Å². The predicted molar refractivity (Wildman–Crippen MR) is 119 cm³/mol. The molecule has 0 atom stereocenters. The van der Waals surface area contributed by atoms with Crippen molar-refractivity contribution in [2.45, 2.75) is 43.2 Å². The molecule has 1 N–H and O–H groups in total. The molecule has 0 spiro atoms. The number of thioether (sulfide) groups is 2. The van der Waals surface area contributed by atoms with Gasteiger partial charge in [-0.25, -0.2) is 9.97 Å². The lowest BCUT2D eigenvalue weighted by molar-refractivity contribution is 0.0814. The molecule has 29 heavy (non-hydrogen) atoms. The summed E-state index contributed by atoms with van der Waals surface area (Å²) in [5.41, 5.74) is 1.37. The normalized spacial score (nSPS) is 19.4. The molecule has 6 nitrogen and oxygen atoms in total. The molecular formula is C21H28N4O2S2. The molecule has 1 saturated carbocycles. The Labute approximate surface area is 180 Å². The van der Waals surface area contributed by atoms with E-state index in [-0.39, 0.29) is 11.4 Å². The lowest BCUT2D eigenvalue weighted by atomic mass is 9.94. The Hall–Kier alpha value is -1.51. The highest BCUT2D eigenvalue weighted by atomic mass is 32.2. The first-order valence-corrected chi connectivity index (χ1v) is 12.6. The second-order valence-corrected chi connectivity index (χ2v) is 9.73. The van der Waals surface area contributed by atoms with Gasteiger partial charge in [-0.15, -0.1) is 11.8 Å².